The molecule has 0 radical (unpaired) electrons. The second kappa shape index (κ2) is 9.66. The lowest BCUT2D eigenvalue weighted by Gasteiger charge is -2.26. The smallest absolute Gasteiger partial charge is 0.244 e. The van der Waals surface area contributed by atoms with Crippen LogP contribution in [0, 0.1) is 0 Å². The molecule has 2 aromatic rings. The minimum atomic E-state index is -1.09. The van der Waals surface area contributed by atoms with Gasteiger partial charge in [-0.15, -0.1) is 12.4 Å². The van der Waals surface area contributed by atoms with E-state index in [0.717, 1.165) is 12.0 Å². The minimum absolute atomic E-state index is 0. The number of para-hydroxylation sites is 1. The molecule has 0 spiro atoms. The van der Waals surface area contributed by atoms with E-state index in [1.165, 1.54) is 0 Å². The van der Waals surface area contributed by atoms with E-state index in [4.69, 9.17) is 22.1 Å². The van der Waals surface area contributed by atoms with Gasteiger partial charge in [-0.2, -0.15) is 0 Å². The number of rotatable bonds is 7. The monoisotopic (exact) mass is 382 g/mol. The van der Waals surface area contributed by atoms with Crippen LogP contribution in [0.15, 0.2) is 54.6 Å². The standard InChI is InChI=1S/C19H23ClN2O2.ClH/c1-3-15(24-17-12-8-7-11-16(17)20)13-22-18(23)19(2,21)14-9-5-4-6-10-14;/h4-12,15H,3,13,21H2,1-2H3,(H,22,23);1H. The van der Waals surface area contributed by atoms with Crippen molar-refractivity contribution >= 4 is 29.9 Å². The fourth-order valence-corrected chi connectivity index (χ4v) is 2.48. The first-order chi connectivity index (χ1) is 11.4. The normalized spacial score (nSPS) is 13.9. The van der Waals surface area contributed by atoms with E-state index in [1.807, 2.05) is 55.5 Å². The third-order valence-electron chi connectivity index (χ3n) is 3.92. The molecular weight excluding hydrogens is 359 g/mol. The summed E-state index contributed by atoms with van der Waals surface area (Å²) in [6.07, 6.45) is 0.554. The summed E-state index contributed by atoms with van der Waals surface area (Å²) >= 11 is 6.11. The van der Waals surface area contributed by atoms with Crippen molar-refractivity contribution < 1.29 is 9.53 Å². The lowest BCUT2D eigenvalue weighted by atomic mass is 9.92. The maximum Gasteiger partial charge on any atom is 0.244 e. The highest BCUT2D eigenvalue weighted by Crippen LogP contribution is 2.24. The average molecular weight is 383 g/mol. The highest BCUT2D eigenvalue weighted by Gasteiger charge is 2.30. The summed E-state index contributed by atoms with van der Waals surface area (Å²) in [5, 5.41) is 3.43. The fourth-order valence-electron chi connectivity index (χ4n) is 2.29. The first-order valence-electron chi connectivity index (χ1n) is 7.99. The Morgan fingerprint density at radius 1 is 1.20 bits per heavy atom. The van der Waals surface area contributed by atoms with E-state index in [1.54, 1.807) is 13.0 Å². The van der Waals surface area contributed by atoms with E-state index in [0.29, 0.717) is 17.3 Å². The zero-order valence-corrected chi connectivity index (χ0v) is 15.9. The molecule has 0 aromatic heterocycles. The van der Waals surface area contributed by atoms with Crippen molar-refractivity contribution in [1.82, 2.24) is 5.32 Å². The van der Waals surface area contributed by atoms with Gasteiger partial charge in [0.2, 0.25) is 5.91 Å². The Morgan fingerprint density at radius 2 is 1.80 bits per heavy atom. The van der Waals surface area contributed by atoms with Crippen molar-refractivity contribution in [1.29, 1.82) is 0 Å². The van der Waals surface area contributed by atoms with Crippen molar-refractivity contribution in [3.8, 4) is 5.75 Å². The summed E-state index contributed by atoms with van der Waals surface area (Å²) in [4.78, 5) is 12.5. The van der Waals surface area contributed by atoms with Crippen LogP contribution in [0.2, 0.25) is 5.02 Å². The molecule has 4 nitrogen and oxygen atoms in total. The van der Waals surface area contributed by atoms with E-state index < -0.39 is 5.54 Å². The summed E-state index contributed by atoms with van der Waals surface area (Å²) in [6.45, 7) is 4.06. The summed E-state index contributed by atoms with van der Waals surface area (Å²) in [6, 6.07) is 16.6. The molecule has 0 heterocycles. The van der Waals surface area contributed by atoms with Crippen molar-refractivity contribution in [2.24, 2.45) is 5.73 Å². The molecule has 6 heteroatoms. The molecule has 0 bridgehead atoms. The van der Waals surface area contributed by atoms with Crippen LogP contribution in [-0.2, 0) is 10.3 Å². The summed E-state index contributed by atoms with van der Waals surface area (Å²) < 4.78 is 5.88. The lowest BCUT2D eigenvalue weighted by Crippen LogP contribution is -2.51. The third kappa shape index (κ3) is 5.63. The largest absolute Gasteiger partial charge is 0.487 e. The van der Waals surface area contributed by atoms with Gasteiger partial charge in [-0.25, -0.2) is 0 Å². The predicted molar refractivity (Wildman–Crippen MR) is 104 cm³/mol. The molecule has 2 unspecified atom stereocenters. The Balaban J connectivity index is 0.00000312. The van der Waals surface area contributed by atoms with Gasteiger partial charge in [-0.3, -0.25) is 4.79 Å². The minimum Gasteiger partial charge on any atom is -0.487 e. The highest BCUT2D eigenvalue weighted by molar-refractivity contribution is 6.32. The third-order valence-corrected chi connectivity index (χ3v) is 4.23. The number of hydrogen-bond acceptors (Lipinski definition) is 3. The average Bonchev–Trinajstić information content (AvgIpc) is 2.60. The molecule has 2 atom stereocenters. The van der Waals surface area contributed by atoms with E-state index >= 15 is 0 Å². The zero-order valence-electron chi connectivity index (χ0n) is 14.4. The van der Waals surface area contributed by atoms with E-state index in [2.05, 4.69) is 5.32 Å². The Morgan fingerprint density at radius 3 is 2.40 bits per heavy atom. The Kier molecular flexibility index (Phi) is 8.23. The topological polar surface area (TPSA) is 64.4 Å². The molecule has 0 saturated carbocycles. The molecule has 2 aromatic carbocycles. The van der Waals surface area contributed by atoms with Gasteiger partial charge < -0.3 is 15.8 Å². The number of nitrogens with one attached hydrogen (secondary N) is 1. The SMILES string of the molecule is CCC(CNC(=O)C(C)(N)c1ccccc1)Oc1ccccc1Cl.Cl. The fraction of sp³-hybridized carbons (Fsp3) is 0.316. The van der Waals surface area contributed by atoms with Gasteiger partial charge in [-0.05, 0) is 31.0 Å². The van der Waals surface area contributed by atoms with Crippen molar-refractivity contribution in [2.75, 3.05) is 6.54 Å². The summed E-state index contributed by atoms with van der Waals surface area (Å²) in [7, 11) is 0. The Labute approximate surface area is 160 Å². The molecule has 0 aliphatic rings. The van der Waals surface area contributed by atoms with Gasteiger partial charge in [0.15, 0.2) is 0 Å². The first kappa shape index (κ1) is 21.3. The van der Waals surface area contributed by atoms with Gasteiger partial charge in [0.25, 0.3) is 0 Å². The van der Waals surface area contributed by atoms with Gasteiger partial charge in [0.05, 0.1) is 11.6 Å². The van der Waals surface area contributed by atoms with Crippen molar-refractivity contribution in [2.45, 2.75) is 31.9 Å². The zero-order chi connectivity index (χ0) is 17.6. The van der Waals surface area contributed by atoms with Gasteiger partial charge in [0.1, 0.15) is 17.4 Å². The molecular formula is C19H24Cl2N2O2. The quantitative estimate of drug-likeness (QED) is 0.762. The van der Waals surface area contributed by atoms with Crippen molar-refractivity contribution in [3.63, 3.8) is 0 Å². The van der Waals surface area contributed by atoms with Crippen LogP contribution in [0.3, 0.4) is 0 Å². The number of ether oxygens (including phenoxy) is 1. The van der Waals surface area contributed by atoms with Crippen LogP contribution in [0.4, 0.5) is 0 Å². The molecule has 136 valence electrons. The van der Waals surface area contributed by atoms with Gasteiger partial charge >= 0.3 is 0 Å². The molecule has 25 heavy (non-hydrogen) atoms. The molecule has 2 rings (SSSR count). The number of carbonyl (C=O) groups excluding carboxylic acids is 1. The lowest BCUT2D eigenvalue weighted by molar-refractivity contribution is -0.126. The Hall–Kier alpha value is -1.75. The van der Waals surface area contributed by atoms with E-state index in [-0.39, 0.29) is 24.4 Å². The molecule has 0 aliphatic heterocycles. The van der Waals surface area contributed by atoms with Crippen LogP contribution < -0.4 is 15.8 Å². The van der Waals surface area contributed by atoms with Crippen LogP contribution >= 0.6 is 24.0 Å². The van der Waals surface area contributed by atoms with Gasteiger partial charge in [-0.1, -0.05) is 61.0 Å². The molecule has 0 fully saturated rings. The molecule has 0 saturated heterocycles. The summed E-state index contributed by atoms with van der Waals surface area (Å²) in [5.74, 6) is 0.369. The molecule has 0 aliphatic carbocycles. The number of halogens is 2. The second-order valence-electron chi connectivity index (χ2n) is 5.86. The number of nitrogens with two attached hydrogens (primary N) is 1. The molecule has 3 N–H and O–H groups in total. The predicted octanol–water partition coefficient (Wildman–Crippen LogP) is 3.91. The number of carbonyl (C=O) groups is 1. The van der Waals surface area contributed by atoms with E-state index in [9.17, 15) is 4.79 Å². The Bertz CT molecular complexity index is 678. The van der Waals surface area contributed by atoms with Crippen molar-refractivity contribution in [3.05, 3.63) is 65.2 Å². The number of hydrogen-bond donors (Lipinski definition) is 2. The maximum absolute atomic E-state index is 12.5. The maximum atomic E-state index is 12.5. The molecule has 1 amide bonds. The number of benzene rings is 2. The van der Waals surface area contributed by atoms with Crippen LogP contribution in [0.25, 0.3) is 0 Å². The first-order valence-corrected chi connectivity index (χ1v) is 8.36. The second-order valence-corrected chi connectivity index (χ2v) is 6.26. The van der Waals surface area contributed by atoms with Crippen LogP contribution in [0.5, 0.6) is 5.75 Å². The van der Waals surface area contributed by atoms with Crippen LogP contribution in [-0.4, -0.2) is 18.6 Å². The highest BCUT2D eigenvalue weighted by atomic mass is 35.5. The van der Waals surface area contributed by atoms with Gasteiger partial charge in [0, 0.05) is 0 Å². The van der Waals surface area contributed by atoms with Crippen LogP contribution in [0.1, 0.15) is 25.8 Å². The number of amides is 1. The summed E-state index contributed by atoms with van der Waals surface area (Å²) in [5.41, 5.74) is 5.88.